The van der Waals surface area contributed by atoms with E-state index in [0.29, 0.717) is 39.6 Å². The molecule has 0 bridgehead atoms. The Morgan fingerprint density at radius 1 is 0.971 bits per heavy atom. The molecule has 34 heavy (non-hydrogen) atoms. The van der Waals surface area contributed by atoms with Crippen LogP contribution in [0.25, 0.3) is 5.57 Å². The topological polar surface area (TPSA) is 86.2 Å². The number of halogens is 1. The van der Waals surface area contributed by atoms with E-state index in [0.717, 1.165) is 0 Å². The van der Waals surface area contributed by atoms with Gasteiger partial charge >= 0.3 is 0 Å². The average molecular weight is 485 g/mol. The molecular weight excluding hydrogens is 459 g/mol. The van der Waals surface area contributed by atoms with Gasteiger partial charge in [-0.2, -0.15) is 0 Å². The zero-order valence-electron chi connectivity index (χ0n) is 19.3. The summed E-state index contributed by atoms with van der Waals surface area (Å²) in [6.07, 6.45) is 1.62. The van der Waals surface area contributed by atoms with E-state index in [1.165, 1.54) is 57.7 Å². The SMILES string of the molecule is C=C(c1ccc(NS(=O)(=O)c2ccc(OC)cc2)c(F)c1)c1cc(OC)c(OC)cc1N=CC. The Kier molecular flexibility index (Phi) is 7.57. The average Bonchev–Trinajstić information content (AvgIpc) is 2.84. The number of nitrogens with one attached hydrogen (secondary N) is 1. The van der Waals surface area contributed by atoms with Gasteiger partial charge in [-0.1, -0.05) is 12.6 Å². The van der Waals surface area contributed by atoms with Gasteiger partial charge in [-0.25, -0.2) is 12.8 Å². The number of nitrogens with zero attached hydrogens (tertiary/aromatic N) is 1. The molecule has 0 fully saturated rings. The van der Waals surface area contributed by atoms with Gasteiger partial charge in [0.05, 0.1) is 37.6 Å². The molecule has 0 aromatic heterocycles. The first-order valence-electron chi connectivity index (χ1n) is 10.1. The predicted molar refractivity (Wildman–Crippen MR) is 132 cm³/mol. The van der Waals surface area contributed by atoms with Crippen molar-refractivity contribution < 1.29 is 27.0 Å². The highest BCUT2D eigenvalue weighted by Gasteiger charge is 2.19. The zero-order valence-corrected chi connectivity index (χ0v) is 20.1. The maximum atomic E-state index is 14.9. The number of hydrogen-bond donors (Lipinski definition) is 1. The van der Waals surface area contributed by atoms with Crippen LogP contribution in [0.4, 0.5) is 15.8 Å². The molecule has 0 heterocycles. The van der Waals surface area contributed by atoms with Gasteiger partial charge < -0.3 is 14.2 Å². The summed E-state index contributed by atoms with van der Waals surface area (Å²) in [4.78, 5) is 4.34. The van der Waals surface area contributed by atoms with Crippen LogP contribution in [-0.2, 0) is 10.0 Å². The van der Waals surface area contributed by atoms with Crippen molar-refractivity contribution in [3.8, 4) is 17.2 Å². The lowest BCUT2D eigenvalue weighted by Gasteiger charge is -2.15. The smallest absolute Gasteiger partial charge is 0.261 e. The number of ether oxygens (including phenoxy) is 3. The van der Waals surface area contributed by atoms with Crippen molar-refractivity contribution in [3.63, 3.8) is 0 Å². The normalized spacial score (nSPS) is 11.3. The van der Waals surface area contributed by atoms with Crippen LogP contribution < -0.4 is 18.9 Å². The minimum atomic E-state index is -3.99. The van der Waals surface area contributed by atoms with Gasteiger partial charge in [0, 0.05) is 17.8 Å². The fraction of sp³-hybridized carbons (Fsp3) is 0.160. The Labute approximate surface area is 198 Å². The number of sulfonamides is 1. The highest BCUT2D eigenvalue weighted by Crippen LogP contribution is 2.40. The lowest BCUT2D eigenvalue weighted by molar-refractivity contribution is 0.355. The van der Waals surface area contributed by atoms with E-state index in [4.69, 9.17) is 14.2 Å². The zero-order chi connectivity index (χ0) is 24.9. The maximum Gasteiger partial charge on any atom is 0.261 e. The maximum absolute atomic E-state index is 14.9. The van der Waals surface area contributed by atoms with Gasteiger partial charge in [-0.05, 0) is 60.5 Å². The number of aliphatic imine (C=N–C) groups is 1. The first-order chi connectivity index (χ1) is 16.2. The van der Waals surface area contributed by atoms with Gasteiger partial charge in [0.1, 0.15) is 11.6 Å². The minimum absolute atomic E-state index is 0.0198. The number of anilines is 1. The highest BCUT2D eigenvalue weighted by molar-refractivity contribution is 7.92. The Balaban J connectivity index is 1.93. The monoisotopic (exact) mass is 484 g/mol. The first-order valence-corrected chi connectivity index (χ1v) is 11.6. The summed E-state index contributed by atoms with van der Waals surface area (Å²) in [7, 11) is 0.515. The summed E-state index contributed by atoms with van der Waals surface area (Å²) in [5.74, 6) is 0.721. The molecule has 0 amide bonds. The van der Waals surface area contributed by atoms with Crippen LogP contribution in [0.15, 0.2) is 71.1 Å². The van der Waals surface area contributed by atoms with E-state index >= 15 is 0 Å². The van der Waals surface area contributed by atoms with Crippen molar-refractivity contribution in [1.29, 1.82) is 0 Å². The van der Waals surface area contributed by atoms with Crippen molar-refractivity contribution in [3.05, 3.63) is 78.1 Å². The lowest BCUT2D eigenvalue weighted by Crippen LogP contribution is -2.14. The van der Waals surface area contributed by atoms with Gasteiger partial charge in [-0.15, -0.1) is 0 Å². The van der Waals surface area contributed by atoms with Crippen LogP contribution >= 0.6 is 0 Å². The largest absolute Gasteiger partial charge is 0.497 e. The van der Waals surface area contributed by atoms with Crippen molar-refractivity contribution in [2.45, 2.75) is 11.8 Å². The Hall–Kier alpha value is -3.85. The first kappa shape index (κ1) is 24.8. The molecule has 0 radical (unpaired) electrons. The van der Waals surface area contributed by atoms with Crippen molar-refractivity contribution >= 4 is 33.2 Å². The molecule has 0 saturated heterocycles. The minimum Gasteiger partial charge on any atom is -0.497 e. The number of methoxy groups -OCH3 is 3. The summed E-state index contributed by atoms with van der Waals surface area (Å²) in [6, 6.07) is 13.3. The van der Waals surface area contributed by atoms with Gasteiger partial charge in [0.25, 0.3) is 10.0 Å². The van der Waals surface area contributed by atoms with E-state index in [2.05, 4.69) is 16.3 Å². The molecule has 0 aliphatic heterocycles. The molecule has 178 valence electrons. The van der Waals surface area contributed by atoms with E-state index in [1.54, 1.807) is 31.3 Å². The van der Waals surface area contributed by atoms with Crippen molar-refractivity contribution in [2.75, 3.05) is 26.1 Å². The third kappa shape index (κ3) is 5.20. The van der Waals surface area contributed by atoms with E-state index in [-0.39, 0.29) is 10.6 Å². The molecule has 0 aliphatic rings. The molecule has 1 N–H and O–H groups in total. The Bertz CT molecular complexity index is 1340. The van der Waals surface area contributed by atoms with Gasteiger partial charge in [0.15, 0.2) is 11.5 Å². The summed E-state index contributed by atoms with van der Waals surface area (Å²) in [5, 5.41) is 0. The molecular formula is C25H25FN2O5S. The molecule has 0 saturated carbocycles. The molecule has 7 nitrogen and oxygen atoms in total. The van der Waals surface area contributed by atoms with Crippen LogP contribution in [-0.4, -0.2) is 36.0 Å². The standard InChI is InChI=1S/C25H25FN2O5S/c1-6-27-23-15-25(33-5)24(32-4)14-20(23)16(2)17-7-12-22(21(26)13-17)28-34(29,30)19-10-8-18(31-3)9-11-19/h6-15,28H,2H2,1,3-5H3. The van der Waals surface area contributed by atoms with Crippen LogP contribution in [0, 0.1) is 5.82 Å². The second kappa shape index (κ2) is 10.4. The summed E-state index contributed by atoms with van der Waals surface area (Å²) < 4.78 is 58.3. The molecule has 0 spiro atoms. The Morgan fingerprint density at radius 3 is 2.18 bits per heavy atom. The quantitative estimate of drug-likeness (QED) is 0.409. The van der Waals surface area contributed by atoms with E-state index < -0.39 is 15.8 Å². The summed E-state index contributed by atoms with van der Waals surface area (Å²) >= 11 is 0. The number of hydrogen-bond acceptors (Lipinski definition) is 6. The Morgan fingerprint density at radius 2 is 1.62 bits per heavy atom. The molecule has 0 atom stereocenters. The summed E-state index contributed by atoms with van der Waals surface area (Å²) in [5.41, 5.74) is 1.91. The molecule has 3 aromatic rings. The number of benzene rings is 3. The molecule has 3 aromatic carbocycles. The lowest BCUT2D eigenvalue weighted by atomic mass is 9.97. The van der Waals surface area contributed by atoms with Crippen molar-refractivity contribution in [2.24, 2.45) is 4.99 Å². The van der Waals surface area contributed by atoms with Crippen LogP contribution in [0.2, 0.25) is 0 Å². The molecule has 0 aliphatic carbocycles. The molecule has 9 heteroatoms. The van der Waals surface area contributed by atoms with Gasteiger partial charge in [-0.3, -0.25) is 9.71 Å². The highest BCUT2D eigenvalue weighted by atomic mass is 32.2. The third-order valence-electron chi connectivity index (χ3n) is 5.03. The second-order valence-corrected chi connectivity index (χ2v) is 8.75. The van der Waals surface area contributed by atoms with Crippen LogP contribution in [0.1, 0.15) is 18.1 Å². The summed E-state index contributed by atoms with van der Waals surface area (Å²) in [6.45, 7) is 5.86. The molecule has 0 unspecified atom stereocenters. The van der Waals surface area contributed by atoms with Gasteiger partial charge in [0.2, 0.25) is 0 Å². The van der Waals surface area contributed by atoms with Crippen LogP contribution in [0.5, 0.6) is 17.2 Å². The predicted octanol–water partition coefficient (Wildman–Crippen LogP) is 5.44. The van der Waals surface area contributed by atoms with Crippen LogP contribution in [0.3, 0.4) is 0 Å². The van der Waals surface area contributed by atoms with E-state index in [1.807, 2.05) is 0 Å². The second-order valence-electron chi connectivity index (χ2n) is 7.07. The molecule has 3 rings (SSSR count). The fourth-order valence-corrected chi connectivity index (χ4v) is 4.32. The fourth-order valence-electron chi connectivity index (χ4n) is 3.26. The number of rotatable bonds is 9. The third-order valence-corrected chi connectivity index (χ3v) is 6.41. The van der Waals surface area contributed by atoms with E-state index in [9.17, 15) is 12.8 Å². The van der Waals surface area contributed by atoms with Crippen molar-refractivity contribution in [1.82, 2.24) is 0 Å².